The number of halogens is 1. The summed E-state index contributed by atoms with van der Waals surface area (Å²) >= 11 is 3.36. The molecule has 0 aliphatic rings. The van der Waals surface area contributed by atoms with Gasteiger partial charge in [-0.25, -0.2) is 5.43 Å². The van der Waals surface area contributed by atoms with Gasteiger partial charge >= 0.3 is 0 Å². The summed E-state index contributed by atoms with van der Waals surface area (Å²) in [6, 6.07) is 14.8. The SMILES string of the molecule is CCCCOc1ccc(/C=N\NC(=O)[C@@H](C)Oc2ccc(Br)cc2)cc1. The van der Waals surface area contributed by atoms with Gasteiger partial charge in [-0.1, -0.05) is 29.3 Å². The van der Waals surface area contributed by atoms with Crippen LogP contribution in [0, 0.1) is 0 Å². The number of unbranched alkanes of at least 4 members (excludes halogenated alkanes) is 1. The number of carbonyl (C=O) groups excluding carboxylic acids is 1. The number of nitrogens with one attached hydrogen (secondary N) is 1. The van der Waals surface area contributed by atoms with E-state index in [-0.39, 0.29) is 5.91 Å². The zero-order valence-electron chi connectivity index (χ0n) is 14.9. The van der Waals surface area contributed by atoms with Crippen LogP contribution in [0.15, 0.2) is 58.1 Å². The molecule has 0 spiro atoms. The molecular formula is C20H23BrN2O3. The Hall–Kier alpha value is -2.34. The maximum atomic E-state index is 12.0. The highest BCUT2D eigenvalue weighted by molar-refractivity contribution is 9.10. The van der Waals surface area contributed by atoms with Crippen molar-refractivity contribution in [3.05, 3.63) is 58.6 Å². The number of amides is 1. The second-order valence-corrected chi connectivity index (χ2v) is 6.63. The molecule has 2 rings (SSSR count). The molecule has 0 fully saturated rings. The number of hydrogen-bond donors (Lipinski definition) is 1. The second kappa shape index (κ2) is 10.6. The zero-order chi connectivity index (χ0) is 18.8. The molecule has 2 aromatic carbocycles. The first-order chi connectivity index (χ1) is 12.6. The second-order valence-electron chi connectivity index (χ2n) is 5.72. The fraction of sp³-hybridized carbons (Fsp3) is 0.300. The lowest BCUT2D eigenvalue weighted by molar-refractivity contribution is -0.127. The first kappa shape index (κ1) is 20.0. The van der Waals surface area contributed by atoms with E-state index in [1.54, 1.807) is 25.3 Å². The van der Waals surface area contributed by atoms with Gasteiger partial charge in [-0.05, 0) is 67.4 Å². The molecule has 0 bridgehead atoms. The van der Waals surface area contributed by atoms with E-state index < -0.39 is 6.10 Å². The first-order valence-electron chi connectivity index (χ1n) is 8.56. The molecule has 0 saturated heterocycles. The van der Waals surface area contributed by atoms with Crippen molar-refractivity contribution >= 4 is 28.1 Å². The largest absolute Gasteiger partial charge is 0.494 e. The van der Waals surface area contributed by atoms with Gasteiger partial charge in [0.15, 0.2) is 6.10 Å². The quantitative estimate of drug-likeness (QED) is 0.369. The number of hydrazone groups is 1. The van der Waals surface area contributed by atoms with Crippen molar-refractivity contribution in [2.45, 2.75) is 32.8 Å². The molecule has 138 valence electrons. The van der Waals surface area contributed by atoms with Crippen molar-refractivity contribution < 1.29 is 14.3 Å². The van der Waals surface area contributed by atoms with Gasteiger partial charge < -0.3 is 9.47 Å². The first-order valence-corrected chi connectivity index (χ1v) is 9.36. The molecule has 26 heavy (non-hydrogen) atoms. The van der Waals surface area contributed by atoms with Gasteiger partial charge in [0.2, 0.25) is 0 Å². The average Bonchev–Trinajstić information content (AvgIpc) is 2.65. The van der Waals surface area contributed by atoms with Crippen LogP contribution in [0.5, 0.6) is 11.5 Å². The van der Waals surface area contributed by atoms with Gasteiger partial charge in [0.05, 0.1) is 12.8 Å². The summed E-state index contributed by atoms with van der Waals surface area (Å²) in [5.41, 5.74) is 3.35. The summed E-state index contributed by atoms with van der Waals surface area (Å²) in [6.07, 6.45) is 3.08. The van der Waals surface area contributed by atoms with Crippen molar-refractivity contribution in [2.24, 2.45) is 5.10 Å². The minimum absolute atomic E-state index is 0.316. The molecule has 0 unspecified atom stereocenters. The molecule has 1 atom stereocenters. The third-order valence-corrected chi connectivity index (χ3v) is 4.06. The highest BCUT2D eigenvalue weighted by Gasteiger charge is 2.13. The predicted octanol–water partition coefficient (Wildman–Crippen LogP) is 4.55. The molecule has 0 aliphatic heterocycles. The van der Waals surface area contributed by atoms with Gasteiger partial charge in [0.1, 0.15) is 11.5 Å². The molecule has 1 N–H and O–H groups in total. The van der Waals surface area contributed by atoms with Crippen LogP contribution in [0.2, 0.25) is 0 Å². The number of rotatable bonds is 9. The maximum absolute atomic E-state index is 12.0. The van der Waals surface area contributed by atoms with Gasteiger partial charge in [-0.15, -0.1) is 0 Å². The molecule has 0 aromatic heterocycles. The lowest BCUT2D eigenvalue weighted by atomic mass is 10.2. The summed E-state index contributed by atoms with van der Waals surface area (Å²) in [5, 5.41) is 3.97. The Balaban J connectivity index is 1.79. The summed E-state index contributed by atoms with van der Waals surface area (Å²) < 4.78 is 12.1. The van der Waals surface area contributed by atoms with E-state index in [0.29, 0.717) is 5.75 Å². The Labute approximate surface area is 162 Å². The van der Waals surface area contributed by atoms with E-state index in [9.17, 15) is 4.79 Å². The molecule has 0 heterocycles. The molecule has 0 saturated carbocycles. The smallest absolute Gasteiger partial charge is 0.280 e. The molecular weight excluding hydrogens is 396 g/mol. The number of benzene rings is 2. The van der Waals surface area contributed by atoms with E-state index in [1.165, 1.54) is 0 Å². The molecule has 1 amide bonds. The van der Waals surface area contributed by atoms with Crippen molar-refractivity contribution in [1.82, 2.24) is 5.43 Å². The van der Waals surface area contributed by atoms with Gasteiger partial charge in [-0.2, -0.15) is 5.10 Å². The topological polar surface area (TPSA) is 59.9 Å². The molecule has 0 aliphatic carbocycles. The zero-order valence-corrected chi connectivity index (χ0v) is 16.5. The number of hydrogen-bond acceptors (Lipinski definition) is 4. The van der Waals surface area contributed by atoms with Crippen LogP contribution >= 0.6 is 15.9 Å². The van der Waals surface area contributed by atoms with E-state index in [1.807, 2.05) is 36.4 Å². The number of ether oxygens (including phenoxy) is 2. The third-order valence-electron chi connectivity index (χ3n) is 3.53. The van der Waals surface area contributed by atoms with Crippen LogP contribution in [0.1, 0.15) is 32.3 Å². The Morgan fingerprint density at radius 2 is 1.81 bits per heavy atom. The minimum Gasteiger partial charge on any atom is -0.494 e. The van der Waals surface area contributed by atoms with E-state index in [2.05, 4.69) is 33.4 Å². The fourth-order valence-electron chi connectivity index (χ4n) is 2.02. The lowest BCUT2D eigenvalue weighted by Crippen LogP contribution is -2.33. The normalized spacial score (nSPS) is 12.0. The third kappa shape index (κ3) is 6.88. The lowest BCUT2D eigenvalue weighted by Gasteiger charge is -2.12. The molecule has 0 radical (unpaired) electrons. The minimum atomic E-state index is -0.650. The Morgan fingerprint density at radius 1 is 1.15 bits per heavy atom. The van der Waals surface area contributed by atoms with E-state index >= 15 is 0 Å². The van der Waals surface area contributed by atoms with Gasteiger partial charge in [0.25, 0.3) is 5.91 Å². The fourth-order valence-corrected chi connectivity index (χ4v) is 2.28. The monoisotopic (exact) mass is 418 g/mol. The van der Waals surface area contributed by atoms with Gasteiger partial charge in [0, 0.05) is 4.47 Å². The summed E-state index contributed by atoms with van der Waals surface area (Å²) in [5.74, 6) is 1.14. The maximum Gasteiger partial charge on any atom is 0.280 e. The standard InChI is InChI=1S/C20H23BrN2O3/c1-3-4-13-25-18-9-5-16(6-10-18)14-22-23-20(24)15(2)26-19-11-7-17(21)8-12-19/h5-12,14-15H,3-4,13H2,1-2H3,(H,23,24)/b22-14-/t15-/m1/s1. The Morgan fingerprint density at radius 3 is 2.46 bits per heavy atom. The van der Waals surface area contributed by atoms with Gasteiger partial charge in [-0.3, -0.25) is 4.79 Å². The average molecular weight is 419 g/mol. The van der Waals surface area contributed by atoms with Crippen LogP contribution in [0.3, 0.4) is 0 Å². The summed E-state index contributed by atoms with van der Waals surface area (Å²) in [6.45, 7) is 4.52. The Kier molecular flexibility index (Phi) is 8.15. The molecule has 6 heteroatoms. The number of carbonyl (C=O) groups is 1. The van der Waals surface area contributed by atoms with Crippen LogP contribution in [-0.4, -0.2) is 24.8 Å². The van der Waals surface area contributed by atoms with Crippen molar-refractivity contribution in [3.8, 4) is 11.5 Å². The Bertz CT molecular complexity index is 715. The predicted molar refractivity (Wildman–Crippen MR) is 107 cm³/mol. The van der Waals surface area contributed by atoms with Crippen LogP contribution in [0.25, 0.3) is 0 Å². The molecule has 2 aromatic rings. The molecule has 5 nitrogen and oxygen atoms in total. The van der Waals surface area contributed by atoms with Crippen molar-refractivity contribution in [3.63, 3.8) is 0 Å². The van der Waals surface area contributed by atoms with Crippen molar-refractivity contribution in [2.75, 3.05) is 6.61 Å². The highest BCUT2D eigenvalue weighted by atomic mass is 79.9. The van der Waals surface area contributed by atoms with Crippen molar-refractivity contribution in [1.29, 1.82) is 0 Å². The highest BCUT2D eigenvalue weighted by Crippen LogP contribution is 2.17. The summed E-state index contributed by atoms with van der Waals surface area (Å²) in [7, 11) is 0. The van der Waals surface area contributed by atoms with Crippen LogP contribution < -0.4 is 14.9 Å². The summed E-state index contributed by atoms with van der Waals surface area (Å²) in [4.78, 5) is 12.0. The van der Waals surface area contributed by atoms with Crippen LogP contribution in [0.4, 0.5) is 0 Å². The number of nitrogens with zero attached hydrogens (tertiary/aromatic N) is 1. The van der Waals surface area contributed by atoms with E-state index in [0.717, 1.165) is 35.2 Å². The van der Waals surface area contributed by atoms with Crippen LogP contribution in [-0.2, 0) is 4.79 Å². The van der Waals surface area contributed by atoms with E-state index in [4.69, 9.17) is 9.47 Å².